The molecule has 1 saturated heterocycles. The number of carbonyl (C=O) groups is 1. The number of anilines is 1. The fourth-order valence-electron chi connectivity index (χ4n) is 4.27. The Bertz CT molecular complexity index is 1060. The number of hydrogen-bond donors (Lipinski definition) is 2. The number of amides is 1. The van der Waals surface area contributed by atoms with Crippen molar-refractivity contribution in [3.63, 3.8) is 0 Å². The number of rotatable bonds is 4. The van der Waals surface area contributed by atoms with Gasteiger partial charge in [0.15, 0.2) is 0 Å². The first-order valence-corrected chi connectivity index (χ1v) is 10.1. The number of benzene rings is 1. The number of nitrogens with zero attached hydrogens (tertiary/aromatic N) is 3. The highest BCUT2D eigenvalue weighted by molar-refractivity contribution is 5.98. The zero-order valence-electron chi connectivity index (χ0n) is 16.3. The van der Waals surface area contributed by atoms with E-state index in [1.807, 2.05) is 31.2 Å². The van der Waals surface area contributed by atoms with Crippen LogP contribution in [0.25, 0.3) is 11.0 Å². The van der Waals surface area contributed by atoms with Crippen LogP contribution in [0.4, 0.5) is 5.82 Å². The largest absolute Gasteiger partial charge is 0.461 e. The molecule has 29 heavy (non-hydrogen) atoms. The van der Waals surface area contributed by atoms with Crippen LogP contribution in [0.5, 0.6) is 0 Å². The SMILES string of the molecule is Cc1cc2cc(C(=O)NC3CC(c4cc(N5CC[C@@H](O)C5)ncn4)C3)ccc2o1. The van der Waals surface area contributed by atoms with Gasteiger partial charge in [-0.15, -0.1) is 0 Å². The van der Waals surface area contributed by atoms with Gasteiger partial charge in [-0.05, 0) is 50.5 Å². The van der Waals surface area contributed by atoms with Crippen LogP contribution in [0.3, 0.4) is 0 Å². The molecule has 3 aromatic rings. The summed E-state index contributed by atoms with van der Waals surface area (Å²) in [5.41, 5.74) is 2.46. The van der Waals surface area contributed by atoms with Gasteiger partial charge >= 0.3 is 0 Å². The number of aliphatic hydroxyl groups is 1. The third-order valence-corrected chi connectivity index (χ3v) is 5.95. The van der Waals surface area contributed by atoms with Crippen molar-refractivity contribution in [3.8, 4) is 0 Å². The predicted molar refractivity (Wildman–Crippen MR) is 109 cm³/mol. The van der Waals surface area contributed by atoms with Crippen LogP contribution in [0.1, 0.15) is 47.0 Å². The quantitative estimate of drug-likeness (QED) is 0.709. The van der Waals surface area contributed by atoms with Crippen LogP contribution in [-0.2, 0) is 0 Å². The van der Waals surface area contributed by atoms with E-state index in [-0.39, 0.29) is 18.1 Å². The molecule has 5 rings (SSSR count). The van der Waals surface area contributed by atoms with Crippen molar-refractivity contribution in [2.45, 2.75) is 44.2 Å². The molecule has 7 heteroatoms. The van der Waals surface area contributed by atoms with Gasteiger partial charge in [-0.1, -0.05) is 0 Å². The average Bonchev–Trinajstić information content (AvgIpc) is 3.28. The van der Waals surface area contributed by atoms with Crippen LogP contribution in [-0.4, -0.2) is 46.2 Å². The summed E-state index contributed by atoms with van der Waals surface area (Å²) in [7, 11) is 0. The van der Waals surface area contributed by atoms with E-state index in [2.05, 4.69) is 20.2 Å². The fraction of sp³-hybridized carbons (Fsp3) is 0.409. The summed E-state index contributed by atoms with van der Waals surface area (Å²) in [6, 6.07) is 9.64. The molecule has 1 aromatic carbocycles. The summed E-state index contributed by atoms with van der Waals surface area (Å²) in [5.74, 6) is 1.99. The highest BCUT2D eigenvalue weighted by atomic mass is 16.3. The molecular formula is C22H24N4O3. The third kappa shape index (κ3) is 3.58. The third-order valence-electron chi connectivity index (χ3n) is 5.95. The summed E-state index contributed by atoms with van der Waals surface area (Å²) in [6.07, 6.45) is 3.85. The number of furan rings is 1. The van der Waals surface area contributed by atoms with Crippen molar-refractivity contribution < 1.29 is 14.3 Å². The maximum Gasteiger partial charge on any atom is 0.251 e. The summed E-state index contributed by atoms with van der Waals surface area (Å²) in [4.78, 5) is 23.5. The number of aryl methyl sites for hydroxylation is 1. The van der Waals surface area contributed by atoms with Gasteiger partial charge in [0.05, 0.1) is 6.10 Å². The lowest BCUT2D eigenvalue weighted by Gasteiger charge is -2.35. The zero-order chi connectivity index (χ0) is 20.0. The van der Waals surface area contributed by atoms with Crippen LogP contribution in [0.2, 0.25) is 0 Å². The minimum absolute atomic E-state index is 0.0522. The molecule has 0 spiro atoms. The molecule has 150 valence electrons. The second-order valence-corrected chi connectivity index (χ2v) is 8.14. The van der Waals surface area contributed by atoms with E-state index >= 15 is 0 Å². The molecule has 0 bridgehead atoms. The van der Waals surface area contributed by atoms with Gasteiger partial charge in [0.1, 0.15) is 23.5 Å². The van der Waals surface area contributed by atoms with Gasteiger partial charge in [-0.2, -0.15) is 0 Å². The molecular weight excluding hydrogens is 368 g/mol. The zero-order valence-corrected chi connectivity index (χ0v) is 16.3. The molecule has 0 radical (unpaired) electrons. The second kappa shape index (κ2) is 7.15. The van der Waals surface area contributed by atoms with E-state index in [0.29, 0.717) is 18.0 Å². The Hall–Kier alpha value is -2.93. The van der Waals surface area contributed by atoms with E-state index in [1.165, 1.54) is 0 Å². The molecule has 7 nitrogen and oxygen atoms in total. The standard InChI is InChI=1S/C22H24N4O3/c1-13-6-16-7-14(2-3-20(16)29-13)22(28)25-17-8-15(9-17)19-10-21(24-12-23-19)26-5-4-18(27)11-26/h2-3,6-7,10,12,15,17-18,27H,4-5,8-9,11H2,1H3,(H,25,28)/t15?,17?,18-/m1/s1. The monoisotopic (exact) mass is 392 g/mol. The number of hydrogen-bond acceptors (Lipinski definition) is 6. The number of aromatic nitrogens is 2. The first-order chi connectivity index (χ1) is 14.0. The Morgan fingerprint density at radius 2 is 2.10 bits per heavy atom. The van der Waals surface area contributed by atoms with Gasteiger partial charge < -0.3 is 19.7 Å². The second-order valence-electron chi connectivity index (χ2n) is 8.14. The lowest BCUT2D eigenvalue weighted by molar-refractivity contribution is 0.0908. The highest BCUT2D eigenvalue weighted by Crippen LogP contribution is 2.37. The number of nitrogens with one attached hydrogen (secondary N) is 1. The average molecular weight is 392 g/mol. The van der Waals surface area contributed by atoms with E-state index in [9.17, 15) is 9.90 Å². The molecule has 1 saturated carbocycles. The summed E-state index contributed by atoms with van der Waals surface area (Å²) < 4.78 is 5.57. The van der Waals surface area contributed by atoms with Gasteiger partial charge in [-0.25, -0.2) is 9.97 Å². The van der Waals surface area contributed by atoms with Crippen molar-refractivity contribution in [3.05, 3.63) is 53.7 Å². The van der Waals surface area contributed by atoms with Crippen molar-refractivity contribution in [1.82, 2.24) is 15.3 Å². The molecule has 1 aliphatic heterocycles. The van der Waals surface area contributed by atoms with Gasteiger partial charge in [0.25, 0.3) is 5.91 Å². The van der Waals surface area contributed by atoms with Crippen molar-refractivity contribution in [2.24, 2.45) is 0 Å². The molecule has 0 unspecified atom stereocenters. The Kier molecular flexibility index (Phi) is 4.47. The molecule has 2 aromatic heterocycles. The lowest BCUT2D eigenvalue weighted by atomic mass is 9.78. The Balaban J connectivity index is 1.20. The minimum atomic E-state index is -0.276. The summed E-state index contributed by atoms with van der Waals surface area (Å²) in [6.45, 7) is 3.35. The van der Waals surface area contributed by atoms with E-state index in [4.69, 9.17) is 4.42 Å². The predicted octanol–water partition coefficient (Wildman–Crippen LogP) is 2.78. The summed E-state index contributed by atoms with van der Waals surface area (Å²) >= 11 is 0. The molecule has 3 heterocycles. The first-order valence-electron chi connectivity index (χ1n) is 10.1. The lowest BCUT2D eigenvalue weighted by Crippen LogP contribution is -2.43. The van der Waals surface area contributed by atoms with Crippen molar-refractivity contribution in [2.75, 3.05) is 18.0 Å². The molecule has 1 atom stereocenters. The van der Waals surface area contributed by atoms with Crippen LogP contribution >= 0.6 is 0 Å². The smallest absolute Gasteiger partial charge is 0.251 e. The highest BCUT2D eigenvalue weighted by Gasteiger charge is 2.33. The fourth-order valence-corrected chi connectivity index (χ4v) is 4.27. The Labute approximate surface area is 168 Å². The van der Waals surface area contributed by atoms with Gasteiger partial charge in [-0.3, -0.25) is 4.79 Å². The maximum absolute atomic E-state index is 12.6. The Morgan fingerprint density at radius 3 is 2.90 bits per heavy atom. The number of β-amino-alcohol motifs (C(OH)–C–C–N with tert-alkyl or cyclic N) is 1. The Morgan fingerprint density at radius 1 is 1.24 bits per heavy atom. The van der Waals surface area contributed by atoms with Crippen molar-refractivity contribution in [1.29, 1.82) is 0 Å². The molecule has 2 N–H and O–H groups in total. The van der Waals surface area contributed by atoms with E-state index < -0.39 is 0 Å². The molecule has 2 fully saturated rings. The van der Waals surface area contributed by atoms with Gasteiger partial charge in [0, 0.05) is 47.8 Å². The van der Waals surface area contributed by atoms with Crippen LogP contribution in [0.15, 0.2) is 41.1 Å². The molecule has 1 amide bonds. The minimum Gasteiger partial charge on any atom is -0.461 e. The van der Waals surface area contributed by atoms with Crippen LogP contribution < -0.4 is 10.2 Å². The number of aliphatic hydroxyl groups excluding tert-OH is 1. The first kappa shape index (κ1) is 18.1. The topological polar surface area (TPSA) is 91.5 Å². The van der Waals surface area contributed by atoms with E-state index in [0.717, 1.165) is 54.0 Å². The van der Waals surface area contributed by atoms with Gasteiger partial charge in [0.2, 0.25) is 0 Å². The number of carbonyl (C=O) groups excluding carboxylic acids is 1. The van der Waals surface area contributed by atoms with Crippen LogP contribution in [0, 0.1) is 6.92 Å². The molecule has 2 aliphatic rings. The number of fused-ring (bicyclic) bond motifs is 1. The van der Waals surface area contributed by atoms with Crippen molar-refractivity contribution >= 4 is 22.7 Å². The normalized spacial score (nSPS) is 23.9. The summed E-state index contributed by atoms with van der Waals surface area (Å²) in [5, 5.41) is 13.8. The van der Waals surface area contributed by atoms with E-state index in [1.54, 1.807) is 12.4 Å². The maximum atomic E-state index is 12.6. The molecule has 1 aliphatic carbocycles.